The summed E-state index contributed by atoms with van der Waals surface area (Å²) in [7, 11) is 2.64. The first-order valence-corrected chi connectivity index (χ1v) is 8.30. The molecule has 0 saturated carbocycles. The number of halogens is 3. The maximum Gasteiger partial charge on any atom is 0.573 e. The van der Waals surface area contributed by atoms with Gasteiger partial charge in [0.25, 0.3) is 18.2 Å². The van der Waals surface area contributed by atoms with Gasteiger partial charge >= 0.3 is 6.36 Å². The normalized spacial score (nSPS) is 17.5. The van der Waals surface area contributed by atoms with Gasteiger partial charge in [-0.2, -0.15) is 0 Å². The number of anilines is 1. The van der Waals surface area contributed by atoms with E-state index in [1.807, 2.05) is 0 Å². The van der Waals surface area contributed by atoms with Crippen LogP contribution < -0.4 is 9.64 Å². The fourth-order valence-corrected chi connectivity index (χ4v) is 2.68. The summed E-state index contributed by atoms with van der Waals surface area (Å²) in [5, 5.41) is 10.3. The van der Waals surface area contributed by atoms with Gasteiger partial charge in [-0.25, -0.2) is 0 Å². The van der Waals surface area contributed by atoms with Crippen molar-refractivity contribution >= 4 is 17.4 Å². The minimum atomic E-state index is -4.95. The van der Waals surface area contributed by atoms with Gasteiger partial charge in [0.2, 0.25) is 0 Å². The lowest BCUT2D eigenvalue weighted by molar-refractivity contribution is -0.341. The molecule has 1 heterocycles. The molecule has 0 aliphatic carbocycles. The second-order valence-electron chi connectivity index (χ2n) is 5.96. The van der Waals surface area contributed by atoms with Crippen molar-refractivity contribution in [2.45, 2.75) is 45.3 Å². The van der Waals surface area contributed by atoms with Gasteiger partial charge in [0.1, 0.15) is 5.75 Å². The van der Waals surface area contributed by atoms with Gasteiger partial charge in [0.05, 0.1) is 17.3 Å². The lowest BCUT2D eigenvalue weighted by Crippen LogP contribution is -2.47. The molecule has 2 rings (SSSR count). The molecule has 0 spiro atoms. The number of ketones is 1. The molecule has 0 saturated heterocycles. The van der Waals surface area contributed by atoms with E-state index in [0.29, 0.717) is 0 Å². The molecule has 0 bridgehead atoms. The highest BCUT2D eigenvalue weighted by Gasteiger charge is 2.42. The van der Waals surface area contributed by atoms with Crippen molar-refractivity contribution in [3.8, 4) is 5.75 Å². The third-order valence-corrected chi connectivity index (χ3v) is 3.96. The van der Waals surface area contributed by atoms with Gasteiger partial charge in [0, 0.05) is 14.2 Å². The molecule has 0 aromatic heterocycles. The maximum atomic E-state index is 12.4. The fourth-order valence-electron chi connectivity index (χ4n) is 2.68. The Balaban J connectivity index is 2.16. The highest BCUT2D eigenvalue weighted by Crippen LogP contribution is 2.35. The van der Waals surface area contributed by atoms with Crippen LogP contribution in [0.1, 0.15) is 24.2 Å². The Morgan fingerprint density at radius 1 is 1.07 bits per heavy atom. The Kier molecular flexibility index (Phi) is 7.19. The molecule has 9 nitrogen and oxygen atoms in total. The molecule has 1 amide bonds. The predicted molar refractivity (Wildman–Crippen MR) is 89.8 cm³/mol. The average molecular weight is 423 g/mol. The maximum absolute atomic E-state index is 12.4. The molecule has 3 unspecified atom stereocenters. The van der Waals surface area contributed by atoms with Crippen molar-refractivity contribution in [2.24, 2.45) is 0 Å². The molecule has 162 valence electrons. The number of carbonyl (C=O) groups is 2. The number of carbonyl (C=O) groups excluding carboxylic acids is 2. The number of aliphatic hydroxyl groups excluding tert-OH is 1. The number of rotatable bonds is 9. The first-order valence-electron chi connectivity index (χ1n) is 8.30. The van der Waals surface area contributed by atoms with Crippen molar-refractivity contribution in [2.75, 3.05) is 19.1 Å². The van der Waals surface area contributed by atoms with E-state index in [-0.39, 0.29) is 11.3 Å². The van der Waals surface area contributed by atoms with Crippen LogP contribution in [0.25, 0.3) is 0 Å². The number of aliphatic hydroxyl groups is 1. The van der Waals surface area contributed by atoms with Crippen LogP contribution in [0, 0.1) is 0 Å². The monoisotopic (exact) mass is 423 g/mol. The zero-order valence-electron chi connectivity index (χ0n) is 15.9. The second-order valence-corrected chi connectivity index (χ2v) is 5.96. The molecule has 3 atom stereocenters. The second kappa shape index (κ2) is 9.05. The lowest BCUT2D eigenvalue weighted by atomic mass is 10.1. The number of fused-ring (bicyclic) bond motifs is 1. The largest absolute Gasteiger partial charge is 0.573 e. The van der Waals surface area contributed by atoms with E-state index < -0.39 is 48.9 Å². The number of hydrogen-bond donors (Lipinski definition) is 1. The molecule has 1 aliphatic heterocycles. The minimum Gasteiger partial charge on any atom is -0.406 e. The Morgan fingerprint density at radius 3 is 2.24 bits per heavy atom. The number of Topliss-reactive ketones (excluding diaryl/α,β-unsaturated/α-hetero) is 1. The summed E-state index contributed by atoms with van der Waals surface area (Å²) in [5.74, 6) is -2.70. The number of hydrogen-bond acceptors (Lipinski definition) is 8. The van der Waals surface area contributed by atoms with E-state index >= 15 is 0 Å². The van der Waals surface area contributed by atoms with Gasteiger partial charge in [0.15, 0.2) is 12.6 Å². The van der Waals surface area contributed by atoms with Crippen molar-refractivity contribution in [3.63, 3.8) is 0 Å². The van der Waals surface area contributed by atoms with Crippen LogP contribution in [0.3, 0.4) is 0 Å². The topological polar surface area (TPSA) is 104 Å². The highest BCUT2D eigenvalue weighted by molar-refractivity contribution is 6.52. The van der Waals surface area contributed by atoms with Crippen LogP contribution in [0.2, 0.25) is 0 Å². The number of ether oxygens (including phenoxy) is 5. The van der Waals surface area contributed by atoms with Gasteiger partial charge in [-0.3, -0.25) is 14.5 Å². The Labute approximate surface area is 163 Å². The summed E-state index contributed by atoms with van der Waals surface area (Å²) in [6.07, 6.45) is -7.57. The van der Waals surface area contributed by atoms with E-state index in [9.17, 15) is 27.9 Å². The summed E-state index contributed by atoms with van der Waals surface area (Å²) in [4.78, 5) is 25.5. The number of alkyl halides is 3. The number of methoxy groups -OCH3 is 2. The zero-order chi connectivity index (χ0) is 21.9. The van der Waals surface area contributed by atoms with Crippen LogP contribution in [-0.2, 0) is 23.7 Å². The Morgan fingerprint density at radius 2 is 1.69 bits per heavy atom. The minimum absolute atomic E-state index is 0.0184. The summed E-state index contributed by atoms with van der Waals surface area (Å²) in [6.45, 7) is 1.77. The number of amides is 1. The fraction of sp³-hybridized carbons (Fsp3) is 0.529. The van der Waals surface area contributed by atoms with Crippen LogP contribution in [0.4, 0.5) is 18.9 Å². The van der Waals surface area contributed by atoms with Gasteiger partial charge in [-0.1, -0.05) is 0 Å². The molecule has 29 heavy (non-hydrogen) atoms. The van der Waals surface area contributed by atoms with E-state index in [2.05, 4.69) is 4.74 Å². The highest BCUT2D eigenvalue weighted by atomic mass is 19.4. The van der Waals surface area contributed by atoms with Crippen molar-refractivity contribution < 1.29 is 51.6 Å². The van der Waals surface area contributed by atoms with Crippen LogP contribution in [0.5, 0.6) is 5.75 Å². The quantitative estimate of drug-likeness (QED) is 0.474. The molecule has 1 aliphatic rings. The third kappa shape index (κ3) is 5.42. The standard InChI is InChI=1S/C17H20F3NO8/c1-8(15(24)27-9(2)28-16(25-3)26-4)21-12-6-5-10(29-17(18,19)20)7-11(12)13(22)14(21)23/h5-9,15-16,24H,1-4H3. The van der Waals surface area contributed by atoms with E-state index in [0.717, 1.165) is 23.1 Å². The van der Waals surface area contributed by atoms with Crippen molar-refractivity contribution in [1.82, 2.24) is 0 Å². The zero-order valence-corrected chi connectivity index (χ0v) is 15.9. The smallest absolute Gasteiger partial charge is 0.406 e. The molecule has 1 aromatic rings. The number of nitrogens with zero attached hydrogens (tertiary/aromatic N) is 1. The number of benzene rings is 1. The summed E-state index contributed by atoms with van der Waals surface area (Å²) in [6, 6.07) is 1.82. The molecule has 1 aromatic carbocycles. The summed E-state index contributed by atoms with van der Waals surface area (Å²) >= 11 is 0. The van der Waals surface area contributed by atoms with E-state index in [4.69, 9.17) is 18.9 Å². The third-order valence-electron chi connectivity index (χ3n) is 3.96. The Bertz CT molecular complexity index is 753. The first kappa shape index (κ1) is 23.0. The van der Waals surface area contributed by atoms with Crippen LogP contribution in [-0.4, -0.2) is 62.5 Å². The summed E-state index contributed by atoms with van der Waals surface area (Å²) in [5.41, 5.74) is -0.260. The molecule has 0 fully saturated rings. The molecular formula is C17H20F3NO8. The first-order chi connectivity index (χ1) is 13.5. The van der Waals surface area contributed by atoms with Crippen molar-refractivity contribution in [1.29, 1.82) is 0 Å². The van der Waals surface area contributed by atoms with Gasteiger partial charge in [-0.15, -0.1) is 13.2 Å². The molecular weight excluding hydrogens is 403 g/mol. The lowest BCUT2D eigenvalue weighted by Gasteiger charge is -2.30. The average Bonchev–Trinajstić information content (AvgIpc) is 2.88. The summed E-state index contributed by atoms with van der Waals surface area (Å²) < 4.78 is 61.0. The molecule has 0 radical (unpaired) electrons. The van der Waals surface area contributed by atoms with Crippen LogP contribution in [0.15, 0.2) is 18.2 Å². The molecule has 12 heteroatoms. The van der Waals surface area contributed by atoms with Crippen LogP contribution >= 0.6 is 0 Å². The van der Waals surface area contributed by atoms with E-state index in [1.165, 1.54) is 28.1 Å². The SMILES string of the molecule is COC(OC)OC(C)OC(O)C(C)N1C(=O)C(=O)c2cc(OC(F)(F)F)ccc21. The Hall–Kier alpha value is -2.25. The van der Waals surface area contributed by atoms with E-state index in [1.54, 1.807) is 0 Å². The van der Waals surface area contributed by atoms with Gasteiger partial charge in [-0.05, 0) is 32.0 Å². The molecule has 1 N–H and O–H groups in total. The van der Waals surface area contributed by atoms with Gasteiger partial charge < -0.3 is 28.8 Å². The predicted octanol–water partition coefficient (Wildman–Crippen LogP) is 1.78. The van der Waals surface area contributed by atoms with Crippen molar-refractivity contribution in [3.05, 3.63) is 23.8 Å².